The van der Waals surface area contributed by atoms with Crippen molar-refractivity contribution in [2.45, 2.75) is 12.8 Å². The van der Waals surface area contributed by atoms with Crippen LogP contribution in [0.25, 0.3) is 28.0 Å². The SMILES string of the molecule is C1=Cc2cc(Nc3ccccc3)ccc2CC1.COc1ccc(Nc2ccccc2)cc1.c1ccc(Nc2ccc(-c3ccccc3)cc2)cc1.c1ccc(Nc2cccc3ccccc23)cc1.c1ccc(Nc2ccccc2)cc1.c1ccc(Nc2ccccn2)cc1. The topological polar surface area (TPSA) is 94.3 Å². The van der Waals surface area contributed by atoms with Gasteiger partial charge in [-0.05, 0) is 192 Å². The van der Waals surface area contributed by atoms with Crippen molar-refractivity contribution in [2.24, 2.45) is 0 Å². The predicted octanol–water partition coefficient (Wildman–Crippen LogP) is 23.8. The summed E-state index contributed by atoms with van der Waals surface area (Å²) in [7, 11) is 1.67. The van der Waals surface area contributed by atoms with E-state index in [9.17, 15) is 0 Å². The van der Waals surface area contributed by atoms with Crippen LogP contribution in [0.2, 0.25) is 0 Å². The van der Waals surface area contributed by atoms with Crippen LogP contribution in [0.15, 0.2) is 382 Å². The molecule has 0 saturated carbocycles. The van der Waals surface area contributed by atoms with Crippen molar-refractivity contribution in [1.29, 1.82) is 0 Å². The zero-order valence-electron chi connectivity index (χ0n) is 52.7. The van der Waals surface area contributed by atoms with Crippen molar-refractivity contribution < 1.29 is 4.74 Å². The molecule has 13 aromatic carbocycles. The number of benzene rings is 13. The quantitative estimate of drug-likeness (QED) is 0.0641. The van der Waals surface area contributed by atoms with Crippen LogP contribution < -0.4 is 36.6 Å². The molecule has 0 fully saturated rings. The first-order chi connectivity index (χ1) is 46.5. The fourth-order valence-electron chi connectivity index (χ4n) is 9.95. The van der Waals surface area contributed by atoms with Crippen molar-refractivity contribution >= 4 is 85.2 Å². The second kappa shape index (κ2) is 36.3. The molecule has 0 saturated heterocycles. The first-order valence-electron chi connectivity index (χ1n) is 31.5. The molecule has 15 rings (SSSR count). The lowest BCUT2D eigenvalue weighted by Crippen LogP contribution is -1.96. The van der Waals surface area contributed by atoms with Gasteiger partial charge in [0.15, 0.2) is 0 Å². The van der Waals surface area contributed by atoms with E-state index in [1.54, 1.807) is 13.3 Å². The lowest BCUT2D eigenvalue weighted by molar-refractivity contribution is 0.415. The van der Waals surface area contributed by atoms with E-state index in [1.165, 1.54) is 39.4 Å². The second-order valence-electron chi connectivity index (χ2n) is 21.6. The number of anilines is 12. The highest BCUT2D eigenvalue weighted by molar-refractivity contribution is 5.95. The Morgan fingerprint density at radius 1 is 0.298 bits per heavy atom. The monoisotopic (exact) mass is 1220 g/mol. The molecule has 0 atom stereocenters. The molecule has 1 aromatic heterocycles. The Labute approximate surface area is 554 Å². The summed E-state index contributed by atoms with van der Waals surface area (Å²) in [5, 5.41) is 22.6. The highest BCUT2D eigenvalue weighted by Gasteiger charge is 2.06. The largest absolute Gasteiger partial charge is 0.497 e. The molecule has 94 heavy (non-hydrogen) atoms. The van der Waals surface area contributed by atoms with E-state index in [4.69, 9.17) is 4.74 Å². The molecule has 14 aromatic rings. The molecule has 0 amide bonds. The van der Waals surface area contributed by atoms with Gasteiger partial charge in [0.1, 0.15) is 11.6 Å². The lowest BCUT2D eigenvalue weighted by Gasteiger charge is -2.13. The number of aromatic nitrogens is 1. The van der Waals surface area contributed by atoms with Crippen LogP contribution in [-0.4, -0.2) is 12.1 Å². The summed E-state index contributed by atoms with van der Waals surface area (Å²) in [6, 6.07) is 125. The second-order valence-corrected chi connectivity index (χ2v) is 21.6. The summed E-state index contributed by atoms with van der Waals surface area (Å²) in [6.45, 7) is 0. The number of nitrogens with zero attached hydrogens (tertiary/aromatic N) is 1. The van der Waals surface area contributed by atoms with Crippen LogP contribution in [0.1, 0.15) is 17.5 Å². The van der Waals surface area contributed by atoms with E-state index < -0.39 is 0 Å². The summed E-state index contributed by atoms with van der Waals surface area (Å²) in [4.78, 5) is 4.16. The molecule has 0 bridgehead atoms. The Balaban J connectivity index is 0.000000124. The Bertz CT molecular complexity index is 4240. The minimum Gasteiger partial charge on any atom is -0.497 e. The number of nitrogens with one attached hydrogen (secondary N) is 6. The van der Waals surface area contributed by atoms with Gasteiger partial charge in [-0.25, -0.2) is 4.98 Å². The highest BCUT2D eigenvalue weighted by Crippen LogP contribution is 2.29. The number of para-hydroxylation sites is 7. The smallest absolute Gasteiger partial charge is 0.130 e. The maximum atomic E-state index is 5.09. The minimum atomic E-state index is 0.869. The van der Waals surface area contributed by atoms with E-state index in [0.717, 1.165) is 80.5 Å². The van der Waals surface area contributed by atoms with E-state index in [2.05, 4.69) is 195 Å². The van der Waals surface area contributed by atoms with Crippen LogP contribution in [-0.2, 0) is 6.42 Å². The Hall–Kier alpha value is -12.4. The molecule has 0 unspecified atom stereocenters. The van der Waals surface area contributed by atoms with Gasteiger partial charge in [-0.15, -0.1) is 0 Å². The van der Waals surface area contributed by atoms with E-state index in [0.29, 0.717) is 0 Å². The third-order valence-corrected chi connectivity index (χ3v) is 14.7. The number of fused-ring (bicyclic) bond motifs is 2. The molecular formula is C86H77N7O. The average Bonchev–Trinajstić information content (AvgIpc) is 1.18. The maximum Gasteiger partial charge on any atom is 0.130 e. The number of aryl methyl sites for hydroxylation is 1. The molecule has 0 spiro atoms. The summed E-state index contributed by atoms with van der Waals surface area (Å²) < 4.78 is 5.09. The fraction of sp³-hybridized carbons (Fsp3) is 0.0349. The van der Waals surface area contributed by atoms with Gasteiger partial charge in [0.05, 0.1) is 7.11 Å². The molecule has 6 N–H and O–H groups in total. The van der Waals surface area contributed by atoms with Crippen LogP contribution in [0.5, 0.6) is 5.75 Å². The van der Waals surface area contributed by atoms with E-state index in [1.807, 2.05) is 224 Å². The van der Waals surface area contributed by atoms with Crippen molar-refractivity contribution in [3.05, 3.63) is 393 Å². The highest BCUT2D eigenvalue weighted by atomic mass is 16.5. The van der Waals surface area contributed by atoms with Crippen LogP contribution in [0.4, 0.5) is 68.4 Å². The Morgan fingerprint density at radius 3 is 1.14 bits per heavy atom. The zero-order chi connectivity index (χ0) is 64.3. The molecular weight excluding hydrogens is 1150 g/mol. The Kier molecular flexibility index (Phi) is 25.0. The Morgan fingerprint density at radius 2 is 0.670 bits per heavy atom. The lowest BCUT2D eigenvalue weighted by atomic mass is 9.97. The molecule has 462 valence electrons. The first kappa shape index (κ1) is 64.6. The van der Waals surface area contributed by atoms with Gasteiger partial charge in [0, 0.05) is 74.1 Å². The number of pyridine rings is 1. The van der Waals surface area contributed by atoms with Crippen LogP contribution >= 0.6 is 0 Å². The first-order valence-corrected chi connectivity index (χ1v) is 31.5. The molecule has 1 aliphatic carbocycles. The standard InChI is InChI=1S/C18H15N.C16H13N.C16H15N.C13H13NO.C12H11N.C11H10N2/c1-3-7-15(8-4-1)16-11-13-18(14-12-16)19-17-9-5-2-6-10-17;1-2-9-14(10-3-1)17-16-12-6-8-13-7-4-5-11-15(13)16;1-2-8-15(9-3-1)17-16-11-10-13-6-4-5-7-14(13)12-16;1-15-13-9-7-12(8-10-13)14-11-5-3-2-4-6-11;1-3-7-11(8-4-1)13-12-9-5-2-6-10-12;1-2-6-10(7-3-1)13-11-8-4-5-9-12-11/h1-14,19H;1-12,17H;1-3,5,7-12,17H,4,6H2;2-10,14H,1H3;1-10,13H;1-9H,(H,12,13). The van der Waals surface area contributed by atoms with E-state index >= 15 is 0 Å². The van der Waals surface area contributed by atoms with Crippen molar-refractivity contribution in [3.8, 4) is 16.9 Å². The van der Waals surface area contributed by atoms with Gasteiger partial charge in [-0.1, -0.05) is 231 Å². The number of hydrogen-bond donors (Lipinski definition) is 6. The fourth-order valence-corrected chi connectivity index (χ4v) is 9.95. The third-order valence-electron chi connectivity index (χ3n) is 14.7. The predicted molar refractivity (Wildman–Crippen MR) is 402 cm³/mol. The van der Waals surface area contributed by atoms with Crippen molar-refractivity contribution in [2.75, 3.05) is 39.0 Å². The van der Waals surface area contributed by atoms with E-state index in [-0.39, 0.29) is 0 Å². The number of hydrogen-bond acceptors (Lipinski definition) is 8. The van der Waals surface area contributed by atoms with Crippen LogP contribution in [0.3, 0.4) is 0 Å². The maximum absolute atomic E-state index is 5.09. The molecule has 0 radical (unpaired) electrons. The van der Waals surface area contributed by atoms with Gasteiger partial charge < -0.3 is 36.6 Å². The molecule has 8 heteroatoms. The summed E-state index contributed by atoms with van der Waals surface area (Å²) >= 11 is 0. The number of rotatable bonds is 14. The van der Waals surface area contributed by atoms with Gasteiger partial charge in [-0.3, -0.25) is 0 Å². The van der Waals surface area contributed by atoms with Gasteiger partial charge in [0.25, 0.3) is 0 Å². The normalized spacial score (nSPS) is 10.5. The van der Waals surface area contributed by atoms with Gasteiger partial charge >= 0.3 is 0 Å². The third kappa shape index (κ3) is 21.7. The molecule has 1 heterocycles. The average molecular weight is 1220 g/mol. The van der Waals surface area contributed by atoms with Crippen LogP contribution in [0, 0.1) is 0 Å². The molecule has 8 nitrogen and oxygen atoms in total. The minimum absolute atomic E-state index is 0.869. The van der Waals surface area contributed by atoms with Gasteiger partial charge in [0.2, 0.25) is 0 Å². The summed E-state index contributed by atoms with van der Waals surface area (Å²) in [5.41, 5.74) is 17.5. The molecule has 1 aliphatic rings. The number of ether oxygens (including phenoxy) is 1. The number of allylic oxidation sites excluding steroid dienone is 1. The summed E-state index contributed by atoms with van der Waals surface area (Å²) in [5.74, 6) is 1.74. The molecule has 0 aliphatic heterocycles. The zero-order valence-corrected chi connectivity index (χ0v) is 52.7. The van der Waals surface area contributed by atoms with Crippen molar-refractivity contribution in [1.82, 2.24) is 4.98 Å². The summed E-state index contributed by atoms with van der Waals surface area (Å²) in [6.07, 6.45) is 8.56. The van der Waals surface area contributed by atoms with Gasteiger partial charge in [-0.2, -0.15) is 0 Å². The number of methoxy groups -OCH3 is 1. The van der Waals surface area contributed by atoms with Crippen molar-refractivity contribution in [3.63, 3.8) is 0 Å².